The Kier molecular flexibility index (Phi) is 6.53. The Morgan fingerprint density at radius 1 is 1.31 bits per heavy atom. The molecule has 4 nitrogen and oxygen atoms in total. The van der Waals surface area contributed by atoms with E-state index in [1.165, 1.54) is 5.56 Å². The van der Waals surface area contributed by atoms with E-state index in [0.717, 1.165) is 25.0 Å². The first kappa shape index (κ1) is 18.7. The predicted molar refractivity (Wildman–Crippen MR) is 104 cm³/mol. The average Bonchev–Trinajstić information content (AvgIpc) is 3.13. The second kappa shape index (κ2) is 9.06. The van der Waals surface area contributed by atoms with Crippen molar-refractivity contribution in [1.29, 1.82) is 0 Å². The van der Waals surface area contributed by atoms with Crippen LogP contribution >= 0.6 is 11.6 Å². The lowest BCUT2D eigenvalue weighted by molar-refractivity contribution is -0.116. The van der Waals surface area contributed by atoms with E-state index in [2.05, 4.69) is 11.4 Å². The maximum atomic E-state index is 12.4. The fourth-order valence-electron chi connectivity index (χ4n) is 3.02. The summed E-state index contributed by atoms with van der Waals surface area (Å²) < 4.78 is 11.4. The fraction of sp³-hybridized carbons (Fsp3) is 0.381. The summed E-state index contributed by atoms with van der Waals surface area (Å²) in [4.78, 5) is 12.4. The van der Waals surface area contributed by atoms with Crippen LogP contribution in [0.15, 0.2) is 42.5 Å². The Bertz CT molecular complexity index is 757. The molecule has 2 aromatic carbocycles. The number of halogens is 1. The highest BCUT2D eigenvalue weighted by atomic mass is 35.5. The molecule has 1 heterocycles. The van der Waals surface area contributed by atoms with Gasteiger partial charge in [0.15, 0.2) is 0 Å². The van der Waals surface area contributed by atoms with Crippen molar-refractivity contribution >= 4 is 23.2 Å². The van der Waals surface area contributed by atoms with Crippen molar-refractivity contribution < 1.29 is 14.3 Å². The average molecular weight is 374 g/mol. The van der Waals surface area contributed by atoms with Gasteiger partial charge in [0.25, 0.3) is 0 Å². The number of hydrogen-bond acceptors (Lipinski definition) is 3. The highest BCUT2D eigenvalue weighted by Gasteiger charge is 2.17. The molecule has 138 valence electrons. The Morgan fingerprint density at radius 2 is 2.19 bits per heavy atom. The lowest BCUT2D eigenvalue weighted by Crippen LogP contribution is -2.18. The molecule has 0 spiro atoms. The maximum absolute atomic E-state index is 12.4. The standard InChI is InChI=1S/C21H24ClNO3/c1-15-4-2-5-16(12-15)7-10-21(24)23-19-13-17(22)8-9-20(19)26-14-18-6-3-11-25-18/h2,4-5,8-9,12-13,18H,3,6-7,10-11,14H2,1H3,(H,23,24). The first-order valence-electron chi connectivity index (χ1n) is 8.99. The minimum atomic E-state index is -0.0595. The van der Waals surface area contributed by atoms with Gasteiger partial charge in [-0.25, -0.2) is 0 Å². The van der Waals surface area contributed by atoms with Crippen LogP contribution in [0.3, 0.4) is 0 Å². The number of rotatable bonds is 7. The van der Waals surface area contributed by atoms with Gasteiger partial charge in [0.1, 0.15) is 12.4 Å². The molecular weight excluding hydrogens is 350 g/mol. The Hall–Kier alpha value is -2.04. The quantitative estimate of drug-likeness (QED) is 0.759. The van der Waals surface area contributed by atoms with Crippen molar-refractivity contribution in [2.45, 2.75) is 38.7 Å². The summed E-state index contributed by atoms with van der Waals surface area (Å²) in [6.45, 7) is 3.32. The molecule has 2 aromatic rings. The lowest BCUT2D eigenvalue weighted by atomic mass is 10.1. The zero-order valence-corrected chi connectivity index (χ0v) is 15.7. The van der Waals surface area contributed by atoms with Gasteiger partial charge in [0, 0.05) is 18.1 Å². The number of anilines is 1. The molecular formula is C21H24ClNO3. The Balaban J connectivity index is 1.58. The van der Waals surface area contributed by atoms with Gasteiger partial charge in [-0.2, -0.15) is 0 Å². The number of carbonyl (C=O) groups excluding carboxylic acids is 1. The second-order valence-corrected chi connectivity index (χ2v) is 7.06. The molecule has 3 rings (SSSR count). The predicted octanol–water partition coefficient (Wildman–Crippen LogP) is 4.78. The first-order valence-corrected chi connectivity index (χ1v) is 9.37. The van der Waals surface area contributed by atoms with Gasteiger partial charge >= 0.3 is 0 Å². The van der Waals surface area contributed by atoms with E-state index in [1.54, 1.807) is 18.2 Å². The maximum Gasteiger partial charge on any atom is 0.224 e. The van der Waals surface area contributed by atoms with Crippen molar-refractivity contribution in [3.8, 4) is 5.75 Å². The summed E-state index contributed by atoms with van der Waals surface area (Å²) in [5, 5.41) is 3.48. The van der Waals surface area contributed by atoms with Gasteiger partial charge in [0.05, 0.1) is 11.8 Å². The van der Waals surface area contributed by atoms with E-state index in [1.807, 2.05) is 25.1 Å². The van der Waals surface area contributed by atoms with Crippen LogP contribution in [0.2, 0.25) is 5.02 Å². The van der Waals surface area contributed by atoms with Gasteiger partial charge < -0.3 is 14.8 Å². The molecule has 1 atom stereocenters. The largest absolute Gasteiger partial charge is 0.489 e. The minimum Gasteiger partial charge on any atom is -0.489 e. The molecule has 1 unspecified atom stereocenters. The molecule has 1 saturated heterocycles. The zero-order valence-electron chi connectivity index (χ0n) is 15.0. The molecule has 1 aliphatic heterocycles. The summed E-state index contributed by atoms with van der Waals surface area (Å²) >= 11 is 6.09. The second-order valence-electron chi connectivity index (χ2n) is 6.62. The number of carbonyl (C=O) groups is 1. The van der Waals surface area contributed by atoms with Crippen LogP contribution in [0.25, 0.3) is 0 Å². The summed E-state index contributed by atoms with van der Waals surface area (Å²) in [5.74, 6) is 0.560. The molecule has 5 heteroatoms. The van der Waals surface area contributed by atoms with Crippen LogP contribution in [-0.4, -0.2) is 25.2 Å². The van der Waals surface area contributed by atoms with Crippen molar-refractivity contribution in [3.63, 3.8) is 0 Å². The monoisotopic (exact) mass is 373 g/mol. The number of aryl methyl sites for hydroxylation is 2. The zero-order chi connectivity index (χ0) is 18.4. The van der Waals surface area contributed by atoms with Gasteiger partial charge in [-0.3, -0.25) is 4.79 Å². The van der Waals surface area contributed by atoms with Gasteiger partial charge in [-0.1, -0.05) is 41.4 Å². The molecule has 1 fully saturated rings. The number of hydrogen-bond donors (Lipinski definition) is 1. The third kappa shape index (κ3) is 5.48. The molecule has 0 aliphatic carbocycles. The van der Waals surface area contributed by atoms with Crippen molar-refractivity contribution in [2.75, 3.05) is 18.5 Å². The Morgan fingerprint density at radius 3 is 2.96 bits per heavy atom. The van der Waals surface area contributed by atoms with Gasteiger partial charge in [0.2, 0.25) is 5.91 Å². The van der Waals surface area contributed by atoms with E-state index in [-0.39, 0.29) is 12.0 Å². The highest BCUT2D eigenvalue weighted by molar-refractivity contribution is 6.31. The van der Waals surface area contributed by atoms with Crippen LogP contribution in [0.4, 0.5) is 5.69 Å². The lowest BCUT2D eigenvalue weighted by Gasteiger charge is -2.15. The molecule has 0 radical (unpaired) electrons. The third-order valence-corrected chi connectivity index (χ3v) is 4.62. The van der Waals surface area contributed by atoms with Crippen molar-refractivity contribution in [3.05, 3.63) is 58.6 Å². The topological polar surface area (TPSA) is 47.6 Å². The summed E-state index contributed by atoms with van der Waals surface area (Å²) in [7, 11) is 0. The van der Waals surface area contributed by atoms with Crippen molar-refractivity contribution in [2.24, 2.45) is 0 Å². The fourth-order valence-corrected chi connectivity index (χ4v) is 3.19. The molecule has 0 bridgehead atoms. The van der Waals surface area contributed by atoms with E-state index >= 15 is 0 Å². The van der Waals surface area contributed by atoms with Gasteiger partial charge in [-0.05, 0) is 49.9 Å². The molecule has 1 amide bonds. The summed E-state index contributed by atoms with van der Waals surface area (Å²) in [6, 6.07) is 13.5. The van der Waals surface area contributed by atoms with E-state index in [4.69, 9.17) is 21.1 Å². The third-order valence-electron chi connectivity index (χ3n) is 4.39. The summed E-state index contributed by atoms with van der Waals surface area (Å²) in [5.41, 5.74) is 2.95. The summed E-state index contributed by atoms with van der Waals surface area (Å²) in [6.07, 6.45) is 3.29. The van der Waals surface area contributed by atoms with Crippen LogP contribution < -0.4 is 10.1 Å². The molecule has 26 heavy (non-hydrogen) atoms. The number of nitrogens with one attached hydrogen (secondary N) is 1. The first-order chi connectivity index (χ1) is 12.6. The van der Waals surface area contributed by atoms with E-state index < -0.39 is 0 Å². The Labute approximate surface area is 159 Å². The van der Waals surface area contributed by atoms with Gasteiger partial charge in [-0.15, -0.1) is 0 Å². The SMILES string of the molecule is Cc1cccc(CCC(=O)Nc2cc(Cl)ccc2OCC2CCCO2)c1. The van der Waals surface area contributed by atoms with Crippen LogP contribution in [0.1, 0.15) is 30.4 Å². The molecule has 1 aliphatic rings. The van der Waals surface area contributed by atoms with Crippen molar-refractivity contribution in [1.82, 2.24) is 0 Å². The molecule has 1 N–H and O–H groups in total. The van der Waals surface area contributed by atoms with Crippen LogP contribution in [0.5, 0.6) is 5.75 Å². The van der Waals surface area contributed by atoms with E-state index in [0.29, 0.717) is 35.9 Å². The number of ether oxygens (including phenoxy) is 2. The number of amides is 1. The molecule has 0 aromatic heterocycles. The smallest absolute Gasteiger partial charge is 0.224 e. The molecule has 0 saturated carbocycles. The number of benzene rings is 2. The van der Waals surface area contributed by atoms with E-state index in [9.17, 15) is 4.79 Å². The minimum absolute atomic E-state index is 0.0595. The normalized spacial score (nSPS) is 16.5. The highest BCUT2D eigenvalue weighted by Crippen LogP contribution is 2.29. The van der Waals surface area contributed by atoms with Crippen LogP contribution in [0, 0.1) is 6.92 Å². The van der Waals surface area contributed by atoms with Crippen LogP contribution in [-0.2, 0) is 16.0 Å².